The van der Waals surface area contributed by atoms with Crippen LogP contribution < -0.4 is 11.5 Å². The number of hydrogen-bond donors (Lipinski definition) is 2. The molecule has 0 spiro atoms. The first-order valence-corrected chi connectivity index (χ1v) is 6.87. The molecule has 0 bridgehead atoms. The molecule has 0 aliphatic carbocycles. The van der Waals surface area contributed by atoms with Gasteiger partial charge >= 0.3 is 0 Å². The highest BCUT2D eigenvalue weighted by atomic mass is 16.1. The molecule has 3 aromatic rings. The second-order valence-corrected chi connectivity index (χ2v) is 4.95. The monoisotopic (exact) mass is 289 g/mol. The number of amides is 1. The molecule has 0 heterocycles. The molecule has 1 amide bonds. The third-order valence-electron chi connectivity index (χ3n) is 3.44. The number of fused-ring (bicyclic) bond motifs is 1. The summed E-state index contributed by atoms with van der Waals surface area (Å²) in [5, 5.41) is 2.05. The zero-order chi connectivity index (χ0) is 15.5. The molecule has 3 aromatic carbocycles. The lowest BCUT2D eigenvalue weighted by Gasteiger charge is -2.08. The number of carbonyl (C=O) groups is 1. The number of nitrogens with two attached hydrogens (primary N) is 2. The molecule has 3 rings (SSSR count). The lowest BCUT2D eigenvalue weighted by atomic mass is 9.97. The SMILES string of the molecule is NC(N)=NC(=O)c1ccc2c(-c3ccccc3)cccc2c1. The molecule has 0 unspecified atom stereocenters. The van der Waals surface area contributed by atoms with Crippen molar-refractivity contribution in [2.24, 2.45) is 16.5 Å². The first kappa shape index (κ1) is 13.8. The van der Waals surface area contributed by atoms with Crippen LogP contribution in [0, 0.1) is 0 Å². The van der Waals surface area contributed by atoms with Crippen LogP contribution in [0.4, 0.5) is 0 Å². The van der Waals surface area contributed by atoms with Gasteiger partial charge in [-0.15, -0.1) is 0 Å². The highest BCUT2D eigenvalue weighted by molar-refractivity contribution is 6.06. The van der Waals surface area contributed by atoms with Crippen LogP contribution in [-0.4, -0.2) is 11.9 Å². The van der Waals surface area contributed by atoms with E-state index in [-0.39, 0.29) is 5.96 Å². The van der Waals surface area contributed by atoms with E-state index in [0.29, 0.717) is 5.56 Å². The maximum Gasteiger partial charge on any atom is 0.280 e. The minimum absolute atomic E-state index is 0.233. The number of rotatable bonds is 2. The fraction of sp³-hybridized carbons (Fsp3) is 0. The Labute approximate surface area is 128 Å². The van der Waals surface area contributed by atoms with Gasteiger partial charge in [0.1, 0.15) is 0 Å². The van der Waals surface area contributed by atoms with E-state index < -0.39 is 5.91 Å². The molecule has 0 aromatic heterocycles. The fourth-order valence-corrected chi connectivity index (χ4v) is 2.47. The Morgan fingerprint density at radius 3 is 2.36 bits per heavy atom. The lowest BCUT2D eigenvalue weighted by molar-refractivity contribution is 0.100. The molecule has 22 heavy (non-hydrogen) atoms. The van der Waals surface area contributed by atoms with Crippen LogP contribution in [0.3, 0.4) is 0 Å². The van der Waals surface area contributed by atoms with Crippen LogP contribution >= 0.6 is 0 Å². The molecule has 0 fully saturated rings. The maximum atomic E-state index is 11.9. The smallest absolute Gasteiger partial charge is 0.280 e. The molecule has 108 valence electrons. The number of benzene rings is 3. The molecule has 0 aliphatic heterocycles. The van der Waals surface area contributed by atoms with Gasteiger partial charge in [-0.2, -0.15) is 4.99 Å². The first-order valence-electron chi connectivity index (χ1n) is 6.87. The standard InChI is InChI=1S/C18H15N3O/c19-18(20)21-17(22)14-9-10-16-13(11-14)7-4-8-15(16)12-5-2-1-3-6-12/h1-11H,(H4,19,20,21,22). The van der Waals surface area contributed by atoms with Crippen molar-refractivity contribution in [1.82, 2.24) is 0 Å². The van der Waals surface area contributed by atoms with Gasteiger partial charge in [-0.3, -0.25) is 4.79 Å². The van der Waals surface area contributed by atoms with Gasteiger partial charge in [0.25, 0.3) is 5.91 Å². The Hall–Kier alpha value is -3.14. The van der Waals surface area contributed by atoms with Crippen LogP contribution in [0.5, 0.6) is 0 Å². The van der Waals surface area contributed by atoms with Crippen LogP contribution in [0.1, 0.15) is 10.4 Å². The molecular weight excluding hydrogens is 274 g/mol. The minimum atomic E-state index is -0.438. The van der Waals surface area contributed by atoms with Gasteiger partial charge < -0.3 is 11.5 Å². The third-order valence-corrected chi connectivity index (χ3v) is 3.44. The van der Waals surface area contributed by atoms with E-state index in [1.165, 1.54) is 0 Å². The predicted octanol–water partition coefficient (Wildman–Crippen LogP) is 2.92. The summed E-state index contributed by atoms with van der Waals surface area (Å²) in [5.41, 5.74) is 13.2. The fourth-order valence-electron chi connectivity index (χ4n) is 2.47. The maximum absolute atomic E-state index is 11.9. The Bertz CT molecular complexity index is 866. The number of carbonyl (C=O) groups excluding carboxylic acids is 1. The summed E-state index contributed by atoms with van der Waals surface area (Å²) in [6.07, 6.45) is 0. The Morgan fingerprint density at radius 1 is 0.864 bits per heavy atom. The van der Waals surface area contributed by atoms with Crippen LogP contribution in [0.15, 0.2) is 71.7 Å². The van der Waals surface area contributed by atoms with E-state index in [9.17, 15) is 4.79 Å². The van der Waals surface area contributed by atoms with Gasteiger partial charge in [-0.05, 0) is 34.0 Å². The van der Waals surface area contributed by atoms with Gasteiger partial charge in [0.05, 0.1) is 0 Å². The highest BCUT2D eigenvalue weighted by Gasteiger charge is 2.08. The van der Waals surface area contributed by atoms with Crippen molar-refractivity contribution >= 4 is 22.6 Å². The van der Waals surface area contributed by atoms with Crippen molar-refractivity contribution in [3.63, 3.8) is 0 Å². The van der Waals surface area contributed by atoms with Crippen molar-refractivity contribution in [2.75, 3.05) is 0 Å². The molecule has 0 saturated carbocycles. The summed E-state index contributed by atoms with van der Waals surface area (Å²) >= 11 is 0. The lowest BCUT2D eigenvalue weighted by Crippen LogP contribution is -2.24. The summed E-state index contributed by atoms with van der Waals surface area (Å²) in [4.78, 5) is 15.5. The van der Waals surface area contributed by atoms with E-state index in [1.54, 1.807) is 12.1 Å². The third kappa shape index (κ3) is 2.67. The van der Waals surface area contributed by atoms with Gasteiger partial charge in [-0.1, -0.05) is 54.6 Å². The van der Waals surface area contributed by atoms with Crippen molar-refractivity contribution in [2.45, 2.75) is 0 Å². The molecular formula is C18H15N3O. The molecule has 4 nitrogen and oxygen atoms in total. The molecule has 0 atom stereocenters. The van der Waals surface area contributed by atoms with Crippen LogP contribution in [-0.2, 0) is 0 Å². The van der Waals surface area contributed by atoms with E-state index in [4.69, 9.17) is 11.5 Å². The van der Waals surface area contributed by atoms with E-state index in [0.717, 1.165) is 21.9 Å². The average molecular weight is 289 g/mol. The van der Waals surface area contributed by atoms with Crippen molar-refractivity contribution < 1.29 is 4.79 Å². The van der Waals surface area contributed by atoms with Crippen LogP contribution in [0.25, 0.3) is 21.9 Å². The molecule has 4 N–H and O–H groups in total. The Balaban J connectivity index is 2.12. The number of guanidine groups is 1. The second kappa shape index (κ2) is 5.69. The summed E-state index contributed by atoms with van der Waals surface area (Å²) in [6.45, 7) is 0. The number of aliphatic imine (C=N–C) groups is 1. The van der Waals surface area contributed by atoms with Gasteiger partial charge in [-0.25, -0.2) is 0 Å². The van der Waals surface area contributed by atoms with Crippen LogP contribution in [0.2, 0.25) is 0 Å². The normalized spacial score (nSPS) is 10.4. The average Bonchev–Trinajstić information content (AvgIpc) is 2.54. The summed E-state index contributed by atoms with van der Waals surface area (Å²) < 4.78 is 0. The second-order valence-electron chi connectivity index (χ2n) is 4.95. The van der Waals surface area contributed by atoms with E-state index in [1.807, 2.05) is 36.4 Å². The van der Waals surface area contributed by atoms with Crippen molar-refractivity contribution in [3.8, 4) is 11.1 Å². The predicted molar refractivity (Wildman–Crippen MR) is 89.5 cm³/mol. The Kier molecular flexibility index (Phi) is 3.58. The van der Waals surface area contributed by atoms with E-state index >= 15 is 0 Å². The largest absolute Gasteiger partial charge is 0.370 e. The zero-order valence-corrected chi connectivity index (χ0v) is 11.9. The Morgan fingerprint density at radius 2 is 1.64 bits per heavy atom. The molecule has 0 saturated heterocycles. The van der Waals surface area contributed by atoms with Gasteiger partial charge in [0.2, 0.25) is 0 Å². The number of nitrogens with zero attached hydrogens (tertiary/aromatic N) is 1. The first-order chi connectivity index (χ1) is 10.6. The zero-order valence-electron chi connectivity index (χ0n) is 11.9. The summed E-state index contributed by atoms with van der Waals surface area (Å²) in [5.74, 6) is -0.671. The highest BCUT2D eigenvalue weighted by Crippen LogP contribution is 2.29. The van der Waals surface area contributed by atoms with Crippen molar-refractivity contribution in [1.29, 1.82) is 0 Å². The molecule has 0 aliphatic rings. The van der Waals surface area contributed by atoms with Crippen molar-refractivity contribution in [3.05, 3.63) is 72.3 Å². The summed E-state index contributed by atoms with van der Waals surface area (Å²) in [6, 6.07) is 21.6. The molecule has 0 radical (unpaired) electrons. The minimum Gasteiger partial charge on any atom is -0.370 e. The van der Waals surface area contributed by atoms with Gasteiger partial charge in [0, 0.05) is 5.56 Å². The van der Waals surface area contributed by atoms with E-state index in [2.05, 4.69) is 23.2 Å². The number of hydrogen-bond acceptors (Lipinski definition) is 1. The quantitative estimate of drug-likeness (QED) is 0.562. The van der Waals surface area contributed by atoms with Gasteiger partial charge in [0.15, 0.2) is 5.96 Å². The topological polar surface area (TPSA) is 81.5 Å². The molecule has 4 heteroatoms. The summed E-state index contributed by atoms with van der Waals surface area (Å²) in [7, 11) is 0.